The molecule has 7 heteroatoms. The molecular weight excluding hydrogens is 458 g/mol. The van der Waals surface area contributed by atoms with E-state index in [2.05, 4.69) is 20.8 Å². The maximum Gasteiger partial charge on any atom is 0.295 e. The van der Waals surface area contributed by atoms with Gasteiger partial charge in [0.1, 0.15) is 11.5 Å². The van der Waals surface area contributed by atoms with E-state index in [1.807, 2.05) is 12.1 Å². The Kier molecular flexibility index (Phi) is 7.03. The van der Waals surface area contributed by atoms with E-state index in [0.29, 0.717) is 28.4 Å². The van der Waals surface area contributed by atoms with E-state index in [9.17, 15) is 14.7 Å². The van der Waals surface area contributed by atoms with Crippen molar-refractivity contribution in [3.05, 3.63) is 58.7 Å². The van der Waals surface area contributed by atoms with Gasteiger partial charge in [-0.3, -0.25) is 9.59 Å². The number of likely N-dealkylation sites (tertiary alicyclic amines) is 1. The number of carbonyl (C=O) groups is 2. The van der Waals surface area contributed by atoms with Crippen LogP contribution in [0.5, 0.6) is 17.2 Å². The van der Waals surface area contributed by atoms with Gasteiger partial charge in [-0.05, 0) is 42.5 Å². The summed E-state index contributed by atoms with van der Waals surface area (Å²) in [5.74, 6) is 0.121. The van der Waals surface area contributed by atoms with Crippen LogP contribution in [0.3, 0.4) is 0 Å². The van der Waals surface area contributed by atoms with E-state index in [1.54, 1.807) is 43.4 Å². The minimum Gasteiger partial charge on any atom is -0.507 e. The van der Waals surface area contributed by atoms with Gasteiger partial charge < -0.3 is 24.2 Å². The van der Waals surface area contributed by atoms with Gasteiger partial charge >= 0.3 is 0 Å². The number of amides is 1. The van der Waals surface area contributed by atoms with Crippen LogP contribution in [0, 0.1) is 0 Å². The molecule has 2 fully saturated rings. The molecule has 7 nitrogen and oxygen atoms in total. The van der Waals surface area contributed by atoms with Gasteiger partial charge in [-0.15, -0.1) is 0 Å². The first-order valence-electron chi connectivity index (χ1n) is 12.3. The van der Waals surface area contributed by atoms with Crippen LogP contribution in [-0.2, 0) is 15.0 Å². The molecule has 0 spiro atoms. The molecule has 0 radical (unpaired) electrons. The summed E-state index contributed by atoms with van der Waals surface area (Å²) in [6, 6.07) is 9.83. The summed E-state index contributed by atoms with van der Waals surface area (Å²) in [7, 11) is 4.68. The number of para-hydroxylation sites is 1. The average molecular weight is 494 g/mol. The third-order valence-electron chi connectivity index (χ3n) is 7.21. The number of nitrogens with zero attached hydrogens (tertiary/aromatic N) is 1. The number of aliphatic hydroxyl groups excluding tert-OH is 1. The number of aliphatic hydroxyl groups is 1. The van der Waals surface area contributed by atoms with E-state index in [-0.39, 0.29) is 22.8 Å². The minimum atomic E-state index is -0.793. The number of methoxy groups -OCH3 is 3. The van der Waals surface area contributed by atoms with Gasteiger partial charge in [0.05, 0.1) is 32.9 Å². The zero-order valence-electron chi connectivity index (χ0n) is 21.9. The Morgan fingerprint density at radius 3 is 2.19 bits per heavy atom. The fourth-order valence-corrected chi connectivity index (χ4v) is 5.44. The molecule has 1 saturated heterocycles. The number of benzene rings is 2. The van der Waals surface area contributed by atoms with Gasteiger partial charge in [0.25, 0.3) is 11.7 Å². The second-order valence-corrected chi connectivity index (χ2v) is 10.4. The lowest BCUT2D eigenvalue weighted by atomic mass is 9.84. The molecule has 36 heavy (non-hydrogen) atoms. The maximum atomic E-state index is 13.5. The molecule has 0 bridgehead atoms. The minimum absolute atomic E-state index is 0.0588. The summed E-state index contributed by atoms with van der Waals surface area (Å²) in [5.41, 5.74) is 1.73. The summed E-state index contributed by atoms with van der Waals surface area (Å²) in [6.07, 6.45) is 3.60. The van der Waals surface area contributed by atoms with Crippen molar-refractivity contribution >= 4 is 17.4 Å². The van der Waals surface area contributed by atoms with Crippen molar-refractivity contribution < 1.29 is 28.9 Å². The highest BCUT2D eigenvalue weighted by atomic mass is 16.5. The van der Waals surface area contributed by atoms with Crippen LogP contribution < -0.4 is 14.2 Å². The molecule has 4 rings (SSSR count). The first-order chi connectivity index (χ1) is 17.1. The second kappa shape index (κ2) is 9.88. The molecule has 192 valence electrons. The summed E-state index contributed by atoms with van der Waals surface area (Å²) >= 11 is 0. The van der Waals surface area contributed by atoms with Crippen molar-refractivity contribution in [1.29, 1.82) is 0 Å². The van der Waals surface area contributed by atoms with Crippen LogP contribution in [0.1, 0.15) is 69.2 Å². The van der Waals surface area contributed by atoms with E-state index in [1.165, 1.54) is 7.11 Å². The largest absolute Gasteiger partial charge is 0.507 e. The molecule has 2 aliphatic rings. The fraction of sp³-hybridized carbons (Fsp3) is 0.448. The molecular formula is C29H35NO6. The van der Waals surface area contributed by atoms with Gasteiger partial charge in [-0.2, -0.15) is 0 Å². The SMILES string of the molecule is COc1ccc(/C(O)=C2/C(=O)C(=O)N(C3CCCC3)C2c2cccc(OC)c2OC)cc1C(C)(C)C. The quantitative estimate of drug-likeness (QED) is 0.331. The number of carbonyl (C=O) groups excluding carboxylic acids is 2. The Bertz CT molecular complexity index is 1200. The molecule has 1 heterocycles. The van der Waals surface area contributed by atoms with Gasteiger partial charge in [-0.1, -0.05) is 45.7 Å². The summed E-state index contributed by atoms with van der Waals surface area (Å²) in [6.45, 7) is 6.15. The number of Topliss-reactive ketones (excluding diaryl/α,β-unsaturated/α-hetero) is 1. The van der Waals surface area contributed by atoms with Crippen molar-refractivity contribution in [1.82, 2.24) is 4.90 Å². The molecule has 0 aromatic heterocycles. The van der Waals surface area contributed by atoms with Crippen LogP contribution in [0.25, 0.3) is 5.76 Å². The number of ether oxygens (including phenoxy) is 3. The van der Waals surface area contributed by atoms with Crippen LogP contribution in [0.15, 0.2) is 42.0 Å². The Balaban J connectivity index is 1.97. The molecule has 1 aliphatic heterocycles. The molecule has 1 saturated carbocycles. The first-order valence-corrected chi connectivity index (χ1v) is 12.3. The monoisotopic (exact) mass is 493 g/mol. The van der Waals surface area contributed by atoms with Crippen molar-refractivity contribution in [2.24, 2.45) is 0 Å². The summed E-state index contributed by atoms with van der Waals surface area (Å²) in [4.78, 5) is 28.6. The fourth-order valence-electron chi connectivity index (χ4n) is 5.44. The number of hydrogen-bond donors (Lipinski definition) is 1. The standard InChI is InChI=1S/C29H35NO6/c1-29(2,3)20-16-17(14-15-21(20)34-4)25(31)23-24(19-12-9-13-22(35-5)27(19)36-6)30(28(33)26(23)32)18-10-7-8-11-18/h9,12-16,18,24,31H,7-8,10-11H2,1-6H3/b25-23-. The van der Waals surface area contributed by atoms with Crippen LogP contribution in [-0.4, -0.2) is 49.1 Å². The number of rotatable bonds is 6. The Labute approximate surface area is 212 Å². The van der Waals surface area contributed by atoms with E-state index in [0.717, 1.165) is 31.2 Å². The predicted molar refractivity (Wildman–Crippen MR) is 138 cm³/mol. The van der Waals surface area contributed by atoms with Crippen molar-refractivity contribution in [3.8, 4) is 17.2 Å². The number of hydrogen-bond acceptors (Lipinski definition) is 6. The third kappa shape index (κ3) is 4.31. The van der Waals surface area contributed by atoms with Crippen molar-refractivity contribution in [2.75, 3.05) is 21.3 Å². The zero-order valence-corrected chi connectivity index (χ0v) is 21.9. The lowest BCUT2D eigenvalue weighted by molar-refractivity contribution is -0.141. The highest BCUT2D eigenvalue weighted by molar-refractivity contribution is 6.46. The topological polar surface area (TPSA) is 85.3 Å². The summed E-state index contributed by atoms with van der Waals surface area (Å²) < 4.78 is 16.7. The van der Waals surface area contributed by atoms with Crippen molar-refractivity contribution in [3.63, 3.8) is 0 Å². The number of ketones is 1. The summed E-state index contributed by atoms with van der Waals surface area (Å²) in [5, 5.41) is 11.6. The molecule has 1 aliphatic carbocycles. The van der Waals surface area contributed by atoms with Gasteiger partial charge in [-0.25, -0.2) is 0 Å². The molecule has 2 aromatic rings. The van der Waals surface area contributed by atoms with Crippen LogP contribution in [0.4, 0.5) is 0 Å². The predicted octanol–water partition coefficient (Wildman–Crippen LogP) is 5.37. The maximum absolute atomic E-state index is 13.5. The van der Waals surface area contributed by atoms with E-state index < -0.39 is 17.7 Å². The van der Waals surface area contributed by atoms with Crippen LogP contribution >= 0.6 is 0 Å². The Morgan fingerprint density at radius 2 is 1.61 bits per heavy atom. The smallest absolute Gasteiger partial charge is 0.295 e. The lowest BCUT2D eigenvalue weighted by Gasteiger charge is -2.31. The van der Waals surface area contributed by atoms with Crippen LogP contribution in [0.2, 0.25) is 0 Å². The highest BCUT2D eigenvalue weighted by Gasteiger charge is 2.50. The average Bonchev–Trinajstić information content (AvgIpc) is 3.48. The Morgan fingerprint density at radius 1 is 0.944 bits per heavy atom. The Hall–Kier alpha value is -3.48. The van der Waals surface area contributed by atoms with E-state index >= 15 is 0 Å². The van der Waals surface area contributed by atoms with Gasteiger partial charge in [0.2, 0.25) is 0 Å². The highest BCUT2D eigenvalue weighted by Crippen LogP contribution is 2.48. The second-order valence-electron chi connectivity index (χ2n) is 10.4. The zero-order chi connectivity index (χ0) is 26.2. The molecule has 1 unspecified atom stereocenters. The van der Waals surface area contributed by atoms with Crippen molar-refractivity contribution in [2.45, 2.75) is 64.0 Å². The first kappa shape index (κ1) is 25.6. The molecule has 2 aromatic carbocycles. The van der Waals surface area contributed by atoms with Gasteiger partial charge in [0, 0.05) is 22.7 Å². The lowest BCUT2D eigenvalue weighted by Crippen LogP contribution is -2.37. The normalized spacial score (nSPS) is 20.2. The van der Waals surface area contributed by atoms with E-state index in [4.69, 9.17) is 14.2 Å². The third-order valence-corrected chi connectivity index (χ3v) is 7.21. The molecule has 1 atom stereocenters. The van der Waals surface area contributed by atoms with Gasteiger partial charge in [0.15, 0.2) is 11.5 Å². The molecule has 1 N–H and O–H groups in total. The molecule has 1 amide bonds.